The first-order valence-electron chi connectivity index (χ1n) is 8.38. The van der Waals surface area contributed by atoms with Gasteiger partial charge in [0.05, 0.1) is 39.1 Å². The number of hydrogen-bond donors (Lipinski definition) is 2. The molecule has 2 aliphatic heterocycles. The Kier molecular flexibility index (Phi) is 3.71. The van der Waals surface area contributed by atoms with E-state index in [0.29, 0.717) is 19.8 Å². The maximum absolute atomic E-state index is 12.7. The minimum Gasteiger partial charge on any atom is -0.360 e. The first-order chi connectivity index (χ1) is 11.2. The number of aromatic amines is 1. The summed E-state index contributed by atoms with van der Waals surface area (Å²) < 4.78 is 11.5. The number of quaternary nitrogens is 1. The molecule has 0 radical (unpaired) electrons. The van der Waals surface area contributed by atoms with Crippen molar-refractivity contribution in [2.75, 3.05) is 32.8 Å². The predicted molar refractivity (Wildman–Crippen MR) is 86.8 cm³/mol. The van der Waals surface area contributed by atoms with Crippen molar-refractivity contribution in [1.29, 1.82) is 0 Å². The van der Waals surface area contributed by atoms with Gasteiger partial charge in [-0.25, -0.2) is 0 Å². The Balaban J connectivity index is 1.44. The molecular formula is C18H23N2O3+. The molecule has 2 aromatic rings. The number of hydrogen-bond acceptors (Lipinski definition) is 3. The van der Waals surface area contributed by atoms with Gasteiger partial charge >= 0.3 is 0 Å². The zero-order valence-electron chi connectivity index (χ0n) is 13.5. The fourth-order valence-electron chi connectivity index (χ4n) is 3.73. The van der Waals surface area contributed by atoms with Crippen LogP contribution in [-0.4, -0.2) is 49.4 Å². The summed E-state index contributed by atoms with van der Waals surface area (Å²) in [5, 5.41) is 1.03. The van der Waals surface area contributed by atoms with E-state index in [0.717, 1.165) is 42.4 Å². The van der Waals surface area contributed by atoms with Crippen molar-refractivity contribution >= 4 is 16.7 Å². The highest BCUT2D eigenvalue weighted by molar-refractivity contribution is 6.08. The quantitative estimate of drug-likeness (QED) is 0.834. The predicted octanol–water partition coefficient (Wildman–Crippen LogP) is 1.08. The van der Waals surface area contributed by atoms with E-state index in [2.05, 4.69) is 24.0 Å². The molecule has 0 amide bonds. The molecule has 0 aliphatic carbocycles. The third-order valence-electron chi connectivity index (χ3n) is 5.08. The van der Waals surface area contributed by atoms with Crippen LogP contribution >= 0.6 is 0 Å². The summed E-state index contributed by atoms with van der Waals surface area (Å²) in [7, 11) is 0. The summed E-state index contributed by atoms with van der Waals surface area (Å²) in [6.07, 6.45) is 3.60. The average Bonchev–Trinajstić information content (AvgIpc) is 3.17. The number of carbonyl (C=O) groups excluding carboxylic acids is 1. The Morgan fingerprint density at radius 3 is 2.74 bits per heavy atom. The SMILES string of the molecule is Cc1ccc2[nH]cc(C(=O)C[NH+]3CCC4(CC3)OCCO4)c2c1. The van der Waals surface area contributed by atoms with Crippen LogP contribution in [-0.2, 0) is 9.47 Å². The molecule has 3 heterocycles. The van der Waals surface area contributed by atoms with Crippen LogP contribution in [0.4, 0.5) is 0 Å². The van der Waals surface area contributed by atoms with Crippen LogP contribution in [0.5, 0.6) is 0 Å². The summed E-state index contributed by atoms with van der Waals surface area (Å²) in [4.78, 5) is 17.2. The Morgan fingerprint density at radius 2 is 2.00 bits per heavy atom. The maximum Gasteiger partial charge on any atom is 0.219 e. The number of aromatic nitrogens is 1. The van der Waals surface area contributed by atoms with Gasteiger partial charge in [0.15, 0.2) is 5.79 Å². The maximum atomic E-state index is 12.7. The topological polar surface area (TPSA) is 55.8 Å². The van der Waals surface area contributed by atoms with Gasteiger partial charge in [0.1, 0.15) is 6.54 Å². The highest BCUT2D eigenvalue weighted by Crippen LogP contribution is 2.27. The van der Waals surface area contributed by atoms with Crippen LogP contribution in [0.25, 0.3) is 10.9 Å². The normalized spacial score (nSPS) is 21.3. The first kappa shape index (κ1) is 14.9. The van der Waals surface area contributed by atoms with Crippen molar-refractivity contribution in [2.45, 2.75) is 25.6 Å². The molecule has 4 rings (SSSR count). The number of Topliss-reactive ketones (excluding diaryl/α,β-unsaturated/α-hetero) is 1. The second-order valence-corrected chi connectivity index (χ2v) is 6.71. The van der Waals surface area contributed by atoms with Gasteiger partial charge in [-0.1, -0.05) is 11.6 Å². The van der Waals surface area contributed by atoms with Crippen LogP contribution in [0, 0.1) is 6.92 Å². The molecule has 0 saturated carbocycles. The molecule has 5 nitrogen and oxygen atoms in total. The lowest BCUT2D eigenvalue weighted by atomic mass is 10.0. The number of benzene rings is 1. The molecule has 23 heavy (non-hydrogen) atoms. The second kappa shape index (κ2) is 5.74. The van der Waals surface area contributed by atoms with E-state index >= 15 is 0 Å². The van der Waals surface area contributed by atoms with Gasteiger partial charge in [-0.15, -0.1) is 0 Å². The monoisotopic (exact) mass is 315 g/mol. The van der Waals surface area contributed by atoms with Crippen LogP contribution in [0.15, 0.2) is 24.4 Å². The zero-order valence-corrected chi connectivity index (χ0v) is 13.5. The third kappa shape index (κ3) is 2.80. The molecule has 1 spiro atoms. The lowest BCUT2D eigenvalue weighted by molar-refractivity contribution is -0.900. The van der Waals surface area contributed by atoms with Crippen molar-refractivity contribution in [3.05, 3.63) is 35.5 Å². The summed E-state index contributed by atoms with van der Waals surface area (Å²) in [5.74, 6) is -0.147. The van der Waals surface area contributed by atoms with Gasteiger partial charge in [-0.3, -0.25) is 4.79 Å². The van der Waals surface area contributed by atoms with E-state index in [-0.39, 0.29) is 11.6 Å². The highest BCUT2D eigenvalue weighted by atomic mass is 16.7. The molecule has 5 heteroatoms. The Hall–Kier alpha value is -1.69. The minimum atomic E-state index is -0.357. The third-order valence-corrected chi connectivity index (χ3v) is 5.08. The van der Waals surface area contributed by atoms with Crippen molar-refractivity contribution in [2.24, 2.45) is 0 Å². The molecule has 0 atom stereocenters. The van der Waals surface area contributed by atoms with Gasteiger partial charge in [-0.2, -0.15) is 0 Å². The van der Waals surface area contributed by atoms with E-state index in [4.69, 9.17) is 9.47 Å². The van der Waals surface area contributed by atoms with Crippen molar-refractivity contribution in [3.8, 4) is 0 Å². The molecule has 2 fully saturated rings. The van der Waals surface area contributed by atoms with E-state index in [9.17, 15) is 4.79 Å². The smallest absolute Gasteiger partial charge is 0.219 e. The molecule has 1 aromatic carbocycles. The zero-order chi connectivity index (χ0) is 15.9. The number of piperidine rings is 1. The summed E-state index contributed by atoms with van der Waals surface area (Å²) in [6.45, 7) is 5.83. The minimum absolute atomic E-state index is 0.209. The van der Waals surface area contributed by atoms with Gasteiger partial charge in [0.2, 0.25) is 5.78 Å². The van der Waals surface area contributed by atoms with Gasteiger partial charge in [0.25, 0.3) is 0 Å². The Bertz CT molecular complexity index is 721. The lowest BCUT2D eigenvalue weighted by Gasteiger charge is -2.34. The molecule has 2 N–H and O–H groups in total. The number of carbonyl (C=O) groups is 1. The second-order valence-electron chi connectivity index (χ2n) is 6.71. The number of fused-ring (bicyclic) bond motifs is 1. The van der Waals surface area contributed by atoms with E-state index in [1.165, 1.54) is 10.5 Å². The lowest BCUT2D eigenvalue weighted by Crippen LogP contribution is -3.14. The van der Waals surface area contributed by atoms with E-state index in [1.54, 1.807) is 0 Å². The number of H-pyrrole nitrogens is 1. The molecule has 1 aromatic heterocycles. The fraction of sp³-hybridized carbons (Fsp3) is 0.500. The summed E-state index contributed by atoms with van der Waals surface area (Å²) in [6, 6.07) is 6.18. The van der Waals surface area contributed by atoms with Gasteiger partial charge < -0.3 is 19.4 Å². The van der Waals surface area contributed by atoms with Gasteiger partial charge in [-0.05, 0) is 19.1 Å². The number of rotatable bonds is 3. The number of nitrogens with one attached hydrogen (secondary N) is 2. The first-order valence-corrected chi connectivity index (χ1v) is 8.38. The van der Waals surface area contributed by atoms with Crippen LogP contribution in [0.3, 0.4) is 0 Å². The highest BCUT2D eigenvalue weighted by Gasteiger charge is 2.42. The Labute approximate surface area is 135 Å². The average molecular weight is 315 g/mol. The van der Waals surface area contributed by atoms with Crippen LogP contribution < -0.4 is 4.90 Å². The van der Waals surface area contributed by atoms with Crippen molar-refractivity contribution < 1.29 is 19.2 Å². The van der Waals surface area contributed by atoms with Gasteiger partial charge in [0, 0.05) is 22.7 Å². The fourth-order valence-corrected chi connectivity index (χ4v) is 3.73. The van der Waals surface area contributed by atoms with Crippen molar-refractivity contribution in [3.63, 3.8) is 0 Å². The molecule has 2 saturated heterocycles. The molecular weight excluding hydrogens is 292 g/mol. The summed E-state index contributed by atoms with van der Waals surface area (Å²) in [5.41, 5.74) is 3.01. The number of aryl methyl sites for hydroxylation is 1. The van der Waals surface area contributed by atoms with E-state index in [1.807, 2.05) is 12.3 Å². The molecule has 0 unspecified atom stereocenters. The molecule has 2 aliphatic rings. The molecule has 0 bridgehead atoms. The number of likely N-dealkylation sites (tertiary alicyclic amines) is 1. The van der Waals surface area contributed by atoms with Crippen molar-refractivity contribution in [1.82, 2.24) is 4.98 Å². The summed E-state index contributed by atoms with van der Waals surface area (Å²) >= 11 is 0. The number of ketones is 1. The van der Waals surface area contributed by atoms with E-state index < -0.39 is 0 Å². The standard InChI is InChI=1S/C18H22N2O3/c1-13-2-3-16-14(10-13)15(11-19-16)17(21)12-20-6-4-18(5-7-20)22-8-9-23-18/h2-3,10-11,19H,4-9,12H2,1H3/p+1. The number of ether oxygens (including phenoxy) is 2. The Morgan fingerprint density at radius 1 is 1.26 bits per heavy atom. The molecule has 122 valence electrons. The van der Waals surface area contributed by atoms with Crippen LogP contribution in [0.2, 0.25) is 0 Å². The van der Waals surface area contributed by atoms with Crippen LogP contribution in [0.1, 0.15) is 28.8 Å². The largest absolute Gasteiger partial charge is 0.360 e.